The van der Waals surface area contributed by atoms with Gasteiger partial charge >= 0.3 is 10.5 Å². The molecule has 0 saturated carbocycles. The molecule has 27 heavy (non-hydrogen) atoms. The van der Waals surface area contributed by atoms with E-state index in [4.69, 9.17) is 4.74 Å². The molecule has 1 amide bonds. The molecule has 3 rings (SSSR count). The third kappa shape index (κ3) is 5.56. The second-order valence-electron chi connectivity index (χ2n) is 5.62. The van der Waals surface area contributed by atoms with Crippen LogP contribution in [0.4, 0.5) is 15.3 Å². The third-order valence-electron chi connectivity index (χ3n) is 3.73. The van der Waals surface area contributed by atoms with E-state index in [0.29, 0.717) is 43.2 Å². The van der Waals surface area contributed by atoms with Gasteiger partial charge in [0.1, 0.15) is 5.75 Å². The first-order valence-electron chi connectivity index (χ1n) is 8.04. The van der Waals surface area contributed by atoms with Gasteiger partial charge in [0.15, 0.2) is 0 Å². The Morgan fingerprint density at radius 1 is 0.963 bits per heavy atom. The zero-order valence-electron chi connectivity index (χ0n) is 14.1. The summed E-state index contributed by atoms with van der Waals surface area (Å²) in [6.07, 6.45) is 0. The smallest absolute Gasteiger partial charge is 0.378 e. The van der Waals surface area contributed by atoms with Crippen molar-refractivity contribution < 1.29 is 26.0 Å². The number of nitrogens with zero attached hydrogens (tertiary/aromatic N) is 3. The number of amides is 1. The quantitative estimate of drug-likeness (QED) is 0.574. The van der Waals surface area contributed by atoms with Crippen LogP contribution in [0.3, 0.4) is 0 Å². The zero-order valence-corrected chi connectivity index (χ0v) is 14.9. The molecular weight excluding hydrogens is 377 g/mol. The van der Waals surface area contributed by atoms with E-state index >= 15 is 0 Å². The van der Waals surface area contributed by atoms with Crippen LogP contribution in [0, 0.1) is 0 Å². The van der Waals surface area contributed by atoms with Gasteiger partial charge in [-0.05, 0) is 48.5 Å². The summed E-state index contributed by atoms with van der Waals surface area (Å²) in [6, 6.07) is 12.1. The highest BCUT2D eigenvalue weighted by atomic mass is 32.3. The number of carbonyl (C=O) groups excluding carboxylic acids is 1. The Hall–Kier alpha value is -2.85. The maximum absolute atomic E-state index is 12.4. The molecule has 0 atom stereocenters. The van der Waals surface area contributed by atoms with Crippen LogP contribution in [0.15, 0.2) is 58.8 Å². The number of rotatable bonds is 5. The fourth-order valence-corrected chi connectivity index (χ4v) is 2.76. The lowest BCUT2D eigenvalue weighted by molar-refractivity contribution is 0.0303. The minimum atomic E-state index is -5.06. The molecule has 0 N–H and O–H groups in total. The van der Waals surface area contributed by atoms with Crippen LogP contribution in [0.2, 0.25) is 0 Å². The lowest BCUT2D eigenvalue weighted by Gasteiger charge is -2.26. The fraction of sp³-hybridized carbons (Fsp3) is 0.235. The maximum atomic E-state index is 12.4. The molecule has 0 bridgehead atoms. The van der Waals surface area contributed by atoms with E-state index in [2.05, 4.69) is 14.4 Å². The highest BCUT2D eigenvalue weighted by molar-refractivity contribution is 7.81. The predicted molar refractivity (Wildman–Crippen MR) is 94.4 cm³/mol. The summed E-state index contributed by atoms with van der Waals surface area (Å²) in [5.41, 5.74) is 1.53. The summed E-state index contributed by atoms with van der Waals surface area (Å²) >= 11 is 0. The van der Waals surface area contributed by atoms with Gasteiger partial charge in [0.05, 0.1) is 24.6 Å². The first-order valence-corrected chi connectivity index (χ1v) is 9.34. The molecule has 1 saturated heterocycles. The summed E-state index contributed by atoms with van der Waals surface area (Å²) in [5.74, 6) is -0.220. The van der Waals surface area contributed by atoms with Gasteiger partial charge in [0, 0.05) is 18.7 Å². The molecule has 0 unspecified atom stereocenters. The van der Waals surface area contributed by atoms with Crippen molar-refractivity contribution >= 4 is 27.8 Å². The van der Waals surface area contributed by atoms with Gasteiger partial charge in [-0.3, -0.25) is 4.79 Å². The molecule has 8 nitrogen and oxygen atoms in total. The van der Waals surface area contributed by atoms with Crippen LogP contribution in [0.1, 0.15) is 10.4 Å². The molecule has 0 spiro atoms. The fourth-order valence-electron chi connectivity index (χ4n) is 2.42. The monoisotopic (exact) mass is 393 g/mol. The molecule has 2 aromatic rings. The Bertz CT molecular complexity index is 924. The molecule has 1 heterocycles. The predicted octanol–water partition coefficient (Wildman–Crippen LogP) is 3.17. The van der Waals surface area contributed by atoms with Gasteiger partial charge in [-0.1, -0.05) is 3.89 Å². The van der Waals surface area contributed by atoms with Crippen molar-refractivity contribution in [2.45, 2.75) is 0 Å². The Labute approximate surface area is 155 Å². The highest BCUT2D eigenvalue weighted by Crippen LogP contribution is 2.23. The average Bonchev–Trinajstić information content (AvgIpc) is 2.67. The van der Waals surface area contributed by atoms with Crippen LogP contribution in [0.5, 0.6) is 5.75 Å². The van der Waals surface area contributed by atoms with E-state index in [-0.39, 0.29) is 11.7 Å². The van der Waals surface area contributed by atoms with Crippen LogP contribution in [-0.2, 0) is 15.2 Å². The first-order chi connectivity index (χ1) is 12.9. The van der Waals surface area contributed by atoms with E-state index in [0.717, 1.165) is 0 Å². The SMILES string of the molecule is O=C(c1ccc(/N=N/c2ccc(OS(=O)(=O)F)cc2)cc1)N1CCOCC1. The zero-order chi connectivity index (χ0) is 19.3. The summed E-state index contributed by atoms with van der Waals surface area (Å²) in [5, 5.41) is 8.03. The number of carbonyl (C=O) groups is 1. The van der Waals surface area contributed by atoms with Gasteiger partial charge in [-0.25, -0.2) is 0 Å². The number of hydrogen-bond acceptors (Lipinski definition) is 7. The molecule has 0 aromatic heterocycles. The standard InChI is InChI=1S/C17H16FN3O5S/c18-27(23,24)26-16-7-5-15(6-8-16)20-19-14-3-1-13(2-4-14)17(22)21-9-11-25-12-10-21/h1-8H,9-12H2/b20-19+. The van der Waals surface area contributed by atoms with Crippen molar-refractivity contribution in [3.63, 3.8) is 0 Å². The molecule has 142 valence electrons. The molecule has 10 heteroatoms. The van der Waals surface area contributed by atoms with Crippen molar-refractivity contribution in [2.24, 2.45) is 10.2 Å². The number of halogens is 1. The Balaban J connectivity index is 1.63. The first kappa shape index (κ1) is 18.9. The van der Waals surface area contributed by atoms with E-state index in [9.17, 15) is 17.1 Å². The third-order valence-corrected chi connectivity index (χ3v) is 4.12. The van der Waals surface area contributed by atoms with E-state index < -0.39 is 10.5 Å². The van der Waals surface area contributed by atoms with Gasteiger partial charge in [0.25, 0.3) is 5.91 Å². The summed E-state index contributed by atoms with van der Waals surface area (Å²) in [6.45, 7) is 2.23. The second-order valence-corrected chi connectivity index (χ2v) is 6.57. The number of ether oxygens (including phenoxy) is 1. The molecule has 0 aliphatic carbocycles. The van der Waals surface area contributed by atoms with E-state index in [1.54, 1.807) is 29.2 Å². The normalized spacial score (nSPS) is 15.1. The highest BCUT2D eigenvalue weighted by Gasteiger charge is 2.18. The Kier molecular flexibility index (Phi) is 5.77. The van der Waals surface area contributed by atoms with Crippen molar-refractivity contribution in [1.82, 2.24) is 4.90 Å². The lowest BCUT2D eigenvalue weighted by atomic mass is 10.2. The molecule has 1 aliphatic rings. The topological polar surface area (TPSA) is 97.6 Å². The minimum absolute atomic E-state index is 0.0554. The number of hydrogen-bond donors (Lipinski definition) is 0. The van der Waals surface area contributed by atoms with Gasteiger partial charge in [-0.15, -0.1) is 0 Å². The minimum Gasteiger partial charge on any atom is -0.378 e. The van der Waals surface area contributed by atoms with Crippen molar-refractivity contribution in [2.75, 3.05) is 26.3 Å². The number of benzene rings is 2. The summed E-state index contributed by atoms with van der Waals surface area (Å²) in [7, 11) is -5.06. The van der Waals surface area contributed by atoms with Gasteiger partial charge in [0.2, 0.25) is 0 Å². The van der Waals surface area contributed by atoms with Gasteiger partial charge < -0.3 is 13.8 Å². The summed E-state index contributed by atoms with van der Waals surface area (Å²) in [4.78, 5) is 14.1. The maximum Gasteiger partial charge on any atom is 0.488 e. The second kappa shape index (κ2) is 8.23. The van der Waals surface area contributed by atoms with Crippen molar-refractivity contribution in [1.29, 1.82) is 0 Å². The molecule has 2 aromatic carbocycles. The van der Waals surface area contributed by atoms with Crippen LogP contribution in [-0.4, -0.2) is 45.5 Å². The lowest BCUT2D eigenvalue weighted by Crippen LogP contribution is -2.40. The van der Waals surface area contributed by atoms with Crippen LogP contribution >= 0.6 is 0 Å². The van der Waals surface area contributed by atoms with E-state index in [1.807, 2.05) is 0 Å². The average molecular weight is 393 g/mol. The number of azo groups is 1. The number of morpholine rings is 1. The Morgan fingerprint density at radius 2 is 1.48 bits per heavy atom. The van der Waals surface area contributed by atoms with Crippen LogP contribution < -0.4 is 4.18 Å². The van der Waals surface area contributed by atoms with Crippen molar-refractivity contribution in [3.8, 4) is 5.75 Å². The molecule has 0 radical (unpaired) electrons. The summed E-state index contributed by atoms with van der Waals surface area (Å²) < 4.78 is 42.6. The Morgan fingerprint density at radius 3 is 2.00 bits per heavy atom. The largest absolute Gasteiger partial charge is 0.488 e. The van der Waals surface area contributed by atoms with Crippen molar-refractivity contribution in [3.05, 3.63) is 54.1 Å². The molecule has 1 fully saturated rings. The molecule has 1 aliphatic heterocycles. The van der Waals surface area contributed by atoms with Gasteiger partial charge in [-0.2, -0.15) is 18.6 Å². The van der Waals surface area contributed by atoms with E-state index in [1.165, 1.54) is 24.3 Å². The molecular formula is C17H16FN3O5S. The van der Waals surface area contributed by atoms with Crippen LogP contribution in [0.25, 0.3) is 0 Å².